The van der Waals surface area contributed by atoms with Gasteiger partial charge in [-0.2, -0.15) is 0 Å². The maximum Gasteiger partial charge on any atom is 0.307 e. The van der Waals surface area contributed by atoms with Gasteiger partial charge in [-0.3, -0.25) is 4.79 Å². The van der Waals surface area contributed by atoms with Crippen LogP contribution in [0.2, 0.25) is 0 Å². The van der Waals surface area contributed by atoms with E-state index in [2.05, 4.69) is 31.9 Å². The van der Waals surface area contributed by atoms with Crippen LogP contribution in [0.1, 0.15) is 26.7 Å². The van der Waals surface area contributed by atoms with E-state index in [-0.39, 0.29) is 17.5 Å². The highest BCUT2D eigenvalue weighted by Crippen LogP contribution is 2.38. The predicted octanol–water partition coefficient (Wildman–Crippen LogP) is 3.35. The van der Waals surface area contributed by atoms with Gasteiger partial charge in [-0.15, -0.1) is 0 Å². The highest BCUT2D eigenvalue weighted by atomic mass is 79.9. The Bertz CT molecular complexity index is 246. The monoisotopic (exact) mass is 310 g/mol. The van der Waals surface area contributed by atoms with Crippen molar-refractivity contribution >= 4 is 37.8 Å². The lowest BCUT2D eigenvalue weighted by Gasteiger charge is -2.25. The molecule has 0 amide bonds. The number of ether oxygens (including phenoxy) is 1. The Balaban J connectivity index is 2.84. The minimum absolute atomic E-state index is 0.105. The maximum atomic E-state index is 11.1. The molecule has 0 spiro atoms. The summed E-state index contributed by atoms with van der Waals surface area (Å²) in [7, 11) is 0. The number of halogens is 2. The Morgan fingerprint density at radius 2 is 2.38 bits per heavy atom. The molecule has 0 bridgehead atoms. The molecule has 1 saturated heterocycles. The molecule has 74 valence electrons. The second kappa shape index (κ2) is 4.13. The summed E-state index contributed by atoms with van der Waals surface area (Å²) in [5.41, 5.74) is -0.329. The molecule has 1 aliphatic rings. The van der Waals surface area contributed by atoms with Crippen molar-refractivity contribution in [1.29, 1.82) is 0 Å². The van der Waals surface area contributed by atoms with Gasteiger partial charge in [0.1, 0.15) is 5.60 Å². The van der Waals surface area contributed by atoms with Gasteiger partial charge in [-0.1, -0.05) is 13.0 Å². The van der Waals surface area contributed by atoms with Gasteiger partial charge < -0.3 is 4.74 Å². The zero-order valence-corrected chi connectivity index (χ0v) is 10.8. The lowest BCUT2D eigenvalue weighted by molar-refractivity contribution is -0.147. The van der Waals surface area contributed by atoms with Crippen LogP contribution in [0.4, 0.5) is 0 Å². The lowest BCUT2D eigenvalue weighted by atomic mass is 9.87. The van der Waals surface area contributed by atoms with Gasteiger partial charge in [0, 0.05) is 5.92 Å². The first-order valence-electron chi connectivity index (χ1n) is 4.22. The molecule has 2 unspecified atom stereocenters. The van der Waals surface area contributed by atoms with Gasteiger partial charge in [0.15, 0.2) is 0 Å². The van der Waals surface area contributed by atoms with Crippen molar-refractivity contribution < 1.29 is 9.53 Å². The van der Waals surface area contributed by atoms with E-state index in [9.17, 15) is 4.79 Å². The molecule has 0 aromatic heterocycles. The van der Waals surface area contributed by atoms with Crippen LogP contribution in [0.5, 0.6) is 0 Å². The fourth-order valence-electron chi connectivity index (χ4n) is 1.49. The number of carbonyl (C=O) groups excluding carboxylic acids is 1. The minimum atomic E-state index is -0.329. The largest absolute Gasteiger partial charge is 0.459 e. The van der Waals surface area contributed by atoms with Crippen molar-refractivity contribution in [1.82, 2.24) is 0 Å². The van der Waals surface area contributed by atoms with E-state index in [1.54, 1.807) is 0 Å². The molecule has 1 heterocycles. The summed E-state index contributed by atoms with van der Waals surface area (Å²) in [6.07, 6.45) is 3.30. The summed E-state index contributed by atoms with van der Waals surface area (Å²) in [5, 5.41) is 0. The molecule has 0 aromatic rings. The zero-order chi connectivity index (χ0) is 10.1. The summed E-state index contributed by atoms with van der Waals surface area (Å²) >= 11 is 6.59. The summed E-state index contributed by atoms with van der Waals surface area (Å²) in [5.74, 6) is 0.0607. The fraction of sp³-hybridized carbons (Fsp3) is 0.667. The van der Waals surface area contributed by atoms with Crippen LogP contribution in [0.15, 0.2) is 9.47 Å². The van der Waals surface area contributed by atoms with Gasteiger partial charge in [-0.05, 0) is 45.2 Å². The molecule has 0 N–H and O–H groups in total. The van der Waals surface area contributed by atoms with Crippen LogP contribution in [0.25, 0.3) is 0 Å². The van der Waals surface area contributed by atoms with E-state index in [0.29, 0.717) is 6.42 Å². The van der Waals surface area contributed by atoms with E-state index >= 15 is 0 Å². The molecule has 0 saturated carbocycles. The number of esters is 1. The van der Waals surface area contributed by atoms with Gasteiger partial charge in [0.25, 0.3) is 0 Å². The van der Waals surface area contributed by atoms with Gasteiger partial charge in [-0.25, -0.2) is 0 Å². The van der Waals surface area contributed by atoms with Gasteiger partial charge >= 0.3 is 5.97 Å². The Morgan fingerprint density at radius 3 is 2.85 bits per heavy atom. The summed E-state index contributed by atoms with van der Waals surface area (Å²) in [6.45, 7) is 4.00. The van der Waals surface area contributed by atoms with E-state index in [0.717, 1.165) is 9.81 Å². The van der Waals surface area contributed by atoms with Crippen molar-refractivity contribution in [3.05, 3.63) is 9.47 Å². The maximum absolute atomic E-state index is 11.1. The standard InChI is InChI=1S/C9H12Br2O2/c1-3-9(2)6(4-7(10)11)5-8(12)13-9/h4,6H,3,5H2,1-2H3. The summed E-state index contributed by atoms with van der Waals surface area (Å²) in [4.78, 5) is 11.1. The Morgan fingerprint density at radius 1 is 1.77 bits per heavy atom. The second-order valence-corrected chi connectivity index (χ2v) is 6.18. The molecule has 4 heteroatoms. The van der Waals surface area contributed by atoms with Crippen molar-refractivity contribution in [2.45, 2.75) is 32.3 Å². The Hall–Kier alpha value is 0.170. The SMILES string of the molecule is CCC1(C)OC(=O)CC1C=C(Br)Br. The highest BCUT2D eigenvalue weighted by molar-refractivity contribution is 9.28. The van der Waals surface area contributed by atoms with Gasteiger partial charge in [0.2, 0.25) is 0 Å². The molecule has 1 aliphatic heterocycles. The van der Waals surface area contributed by atoms with Gasteiger partial charge in [0.05, 0.1) is 9.81 Å². The third-order valence-corrected chi connectivity index (χ3v) is 3.08. The minimum Gasteiger partial charge on any atom is -0.459 e. The Kier molecular flexibility index (Phi) is 3.57. The number of cyclic esters (lactones) is 1. The van der Waals surface area contributed by atoms with Crippen LogP contribution in [0, 0.1) is 5.92 Å². The van der Waals surface area contributed by atoms with Crippen molar-refractivity contribution in [2.75, 3.05) is 0 Å². The summed E-state index contributed by atoms with van der Waals surface area (Å²) < 4.78 is 6.16. The third-order valence-electron chi connectivity index (χ3n) is 2.55. The first kappa shape index (κ1) is 11.2. The van der Waals surface area contributed by atoms with E-state index in [4.69, 9.17) is 4.74 Å². The van der Waals surface area contributed by atoms with Crippen molar-refractivity contribution in [3.63, 3.8) is 0 Å². The van der Waals surface area contributed by atoms with Crippen molar-refractivity contribution in [3.8, 4) is 0 Å². The molecule has 2 atom stereocenters. The molecule has 2 nitrogen and oxygen atoms in total. The van der Waals surface area contributed by atoms with Crippen LogP contribution < -0.4 is 0 Å². The van der Waals surface area contributed by atoms with Crippen LogP contribution >= 0.6 is 31.9 Å². The molecular formula is C9H12Br2O2. The number of hydrogen-bond acceptors (Lipinski definition) is 2. The van der Waals surface area contributed by atoms with E-state index in [1.807, 2.05) is 19.9 Å². The van der Waals surface area contributed by atoms with Crippen LogP contribution in [0.3, 0.4) is 0 Å². The predicted molar refractivity (Wildman–Crippen MR) is 58.8 cm³/mol. The average Bonchev–Trinajstić information content (AvgIpc) is 2.27. The van der Waals surface area contributed by atoms with Crippen LogP contribution in [-0.4, -0.2) is 11.6 Å². The first-order valence-corrected chi connectivity index (χ1v) is 5.81. The zero-order valence-electron chi connectivity index (χ0n) is 7.64. The topological polar surface area (TPSA) is 26.3 Å². The molecule has 0 aromatic carbocycles. The highest BCUT2D eigenvalue weighted by Gasteiger charge is 2.42. The summed E-state index contributed by atoms with van der Waals surface area (Å²) in [6, 6.07) is 0. The molecule has 1 fully saturated rings. The first-order chi connectivity index (χ1) is 5.98. The second-order valence-electron chi connectivity index (χ2n) is 3.41. The van der Waals surface area contributed by atoms with Crippen LogP contribution in [-0.2, 0) is 9.53 Å². The molecule has 0 aliphatic carbocycles. The quantitative estimate of drug-likeness (QED) is 0.731. The smallest absolute Gasteiger partial charge is 0.307 e. The molecule has 0 radical (unpaired) electrons. The lowest BCUT2D eigenvalue weighted by Crippen LogP contribution is -2.29. The number of carbonyl (C=O) groups is 1. The average molecular weight is 312 g/mol. The van der Waals surface area contributed by atoms with E-state index < -0.39 is 0 Å². The van der Waals surface area contributed by atoms with Crippen molar-refractivity contribution in [2.24, 2.45) is 5.92 Å². The third kappa shape index (κ3) is 2.56. The fourth-order valence-corrected chi connectivity index (χ4v) is 2.13. The van der Waals surface area contributed by atoms with E-state index in [1.165, 1.54) is 0 Å². The number of rotatable bonds is 2. The normalized spacial score (nSPS) is 32.9. The molecular weight excluding hydrogens is 300 g/mol. The Labute approximate surface area is 95.0 Å². The number of hydrogen-bond donors (Lipinski definition) is 0. The molecule has 1 rings (SSSR count). The molecule has 13 heavy (non-hydrogen) atoms.